The number of halogens is 1. The fraction of sp³-hybridized carbons (Fsp3) is 0.158. The Kier molecular flexibility index (Phi) is 5.63. The molecule has 0 atom stereocenters. The van der Waals surface area contributed by atoms with Gasteiger partial charge in [0.2, 0.25) is 5.91 Å². The zero-order valence-corrected chi connectivity index (χ0v) is 16.2. The third kappa shape index (κ3) is 3.84. The van der Waals surface area contributed by atoms with Gasteiger partial charge in [0.05, 0.1) is 5.69 Å². The van der Waals surface area contributed by atoms with Crippen LogP contribution in [0.5, 0.6) is 0 Å². The molecule has 0 unspecified atom stereocenters. The second kappa shape index (κ2) is 7.90. The van der Waals surface area contributed by atoms with Gasteiger partial charge in [-0.05, 0) is 58.3 Å². The van der Waals surface area contributed by atoms with Gasteiger partial charge in [0, 0.05) is 27.1 Å². The average molecular weight is 448 g/mol. The second-order valence-electron chi connectivity index (χ2n) is 5.38. The van der Waals surface area contributed by atoms with Crippen molar-refractivity contribution in [1.82, 2.24) is 4.98 Å². The molecule has 0 aliphatic rings. The molecule has 3 nitrogen and oxygen atoms in total. The van der Waals surface area contributed by atoms with Gasteiger partial charge < -0.3 is 5.32 Å². The summed E-state index contributed by atoms with van der Waals surface area (Å²) in [6, 6.07) is 14.4. The molecule has 3 aromatic rings. The molecule has 0 bridgehead atoms. The van der Waals surface area contributed by atoms with Crippen molar-refractivity contribution in [2.24, 2.45) is 0 Å². The molecule has 0 saturated carbocycles. The third-order valence-corrected chi connectivity index (χ3v) is 5.37. The van der Waals surface area contributed by atoms with Crippen LogP contribution in [-0.2, 0) is 4.79 Å². The van der Waals surface area contributed by atoms with Crippen molar-refractivity contribution in [2.75, 3.05) is 5.32 Å². The van der Waals surface area contributed by atoms with Crippen LogP contribution in [0, 0.1) is 3.57 Å². The standard InChI is InChI=1S/C19H17IN2OS/c1-2-5-18(23)22-17-9-8-13(14-6-3-4-7-16(14)20)12-15(17)19-21-10-11-24-19/h3-4,6-12H,2,5H2,1H3,(H,22,23). The number of carbonyl (C=O) groups is 1. The fourth-order valence-electron chi connectivity index (χ4n) is 2.49. The van der Waals surface area contributed by atoms with Gasteiger partial charge in [0.25, 0.3) is 0 Å². The van der Waals surface area contributed by atoms with E-state index >= 15 is 0 Å². The summed E-state index contributed by atoms with van der Waals surface area (Å²) in [5, 5.41) is 5.88. The molecule has 0 aliphatic carbocycles. The lowest BCUT2D eigenvalue weighted by Gasteiger charge is -2.12. The van der Waals surface area contributed by atoms with E-state index in [1.165, 1.54) is 9.13 Å². The highest BCUT2D eigenvalue weighted by molar-refractivity contribution is 14.1. The van der Waals surface area contributed by atoms with Crippen LogP contribution in [-0.4, -0.2) is 10.9 Å². The number of aromatic nitrogens is 1. The molecule has 2 aromatic carbocycles. The van der Waals surface area contributed by atoms with Crippen LogP contribution in [0.4, 0.5) is 5.69 Å². The highest BCUT2D eigenvalue weighted by atomic mass is 127. The first-order valence-electron chi connectivity index (χ1n) is 7.77. The minimum Gasteiger partial charge on any atom is -0.325 e. The summed E-state index contributed by atoms with van der Waals surface area (Å²) >= 11 is 3.92. The summed E-state index contributed by atoms with van der Waals surface area (Å²) in [5.74, 6) is 0.0392. The summed E-state index contributed by atoms with van der Waals surface area (Å²) in [7, 11) is 0. The van der Waals surface area contributed by atoms with Crippen molar-refractivity contribution in [3.05, 3.63) is 57.6 Å². The van der Waals surface area contributed by atoms with Gasteiger partial charge in [-0.15, -0.1) is 11.3 Å². The van der Waals surface area contributed by atoms with E-state index < -0.39 is 0 Å². The van der Waals surface area contributed by atoms with E-state index in [0.29, 0.717) is 6.42 Å². The zero-order chi connectivity index (χ0) is 16.9. The number of amides is 1. The van der Waals surface area contributed by atoms with Crippen LogP contribution in [0.15, 0.2) is 54.0 Å². The zero-order valence-electron chi connectivity index (χ0n) is 13.3. The van der Waals surface area contributed by atoms with Crippen molar-refractivity contribution in [3.63, 3.8) is 0 Å². The largest absolute Gasteiger partial charge is 0.325 e. The normalized spacial score (nSPS) is 10.6. The van der Waals surface area contributed by atoms with Gasteiger partial charge in [0.15, 0.2) is 0 Å². The van der Waals surface area contributed by atoms with Gasteiger partial charge in [0.1, 0.15) is 5.01 Å². The van der Waals surface area contributed by atoms with Gasteiger partial charge >= 0.3 is 0 Å². The van der Waals surface area contributed by atoms with Crippen molar-refractivity contribution < 1.29 is 4.79 Å². The summed E-state index contributed by atoms with van der Waals surface area (Å²) < 4.78 is 1.20. The minimum absolute atomic E-state index is 0.0392. The molecule has 1 aromatic heterocycles. The first kappa shape index (κ1) is 17.1. The van der Waals surface area contributed by atoms with Crippen molar-refractivity contribution in [3.8, 4) is 21.7 Å². The Morgan fingerprint density at radius 2 is 2.04 bits per heavy atom. The Balaban J connectivity index is 2.05. The Hall–Kier alpha value is -1.73. The molecule has 5 heteroatoms. The Bertz CT molecular complexity index is 846. The Morgan fingerprint density at radius 3 is 2.75 bits per heavy atom. The topological polar surface area (TPSA) is 42.0 Å². The van der Waals surface area contributed by atoms with E-state index in [9.17, 15) is 4.79 Å². The Labute approximate surface area is 159 Å². The predicted molar refractivity (Wildman–Crippen MR) is 109 cm³/mol. The number of anilines is 1. The van der Waals surface area contributed by atoms with Crippen LogP contribution in [0.1, 0.15) is 19.8 Å². The summed E-state index contributed by atoms with van der Waals surface area (Å²) in [6.45, 7) is 2.00. The SMILES string of the molecule is CCCC(=O)Nc1ccc(-c2ccccc2I)cc1-c1nccs1. The minimum atomic E-state index is 0.0392. The Morgan fingerprint density at radius 1 is 1.21 bits per heavy atom. The van der Waals surface area contributed by atoms with E-state index in [1.54, 1.807) is 17.5 Å². The van der Waals surface area contributed by atoms with E-state index in [0.717, 1.165) is 28.2 Å². The number of carbonyl (C=O) groups excluding carboxylic acids is 1. The number of hydrogen-bond donors (Lipinski definition) is 1. The van der Waals surface area contributed by atoms with Gasteiger partial charge in [-0.25, -0.2) is 4.98 Å². The van der Waals surface area contributed by atoms with Crippen LogP contribution >= 0.6 is 33.9 Å². The van der Waals surface area contributed by atoms with E-state index in [1.807, 2.05) is 30.5 Å². The van der Waals surface area contributed by atoms with Gasteiger partial charge in [-0.3, -0.25) is 4.79 Å². The third-order valence-electron chi connectivity index (χ3n) is 3.62. The number of nitrogens with one attached hydrogen (secondary N) is 1. The quantitative estimate of drug-likeness (QED) is 0.500. The highest BCUT2D eigenvalue weighted by Crippen LogP contribution is 2.35. The predicted octanol–water partition coefficient (Wildman–Crippen LogP) is 5.82. The monoisotopic (exact) mass is 448 g/mol. The molecule has 3 rings (SSSR count). The fourth-order valence-corrected chi connectivity index (χ4v) is 3.86. The molecular formula is C19H17IN2OS. The number of hydrogen-bond acceptors (Lipinski definition) is 3. The molecule has 1 amide bonds. The van der Waals surface area contributed by atoms with Crippen LogP contribution in [0.25, 0.3) is 21.7 Å². The lowest BCUT2D eigenvalue weighted by Crippen LogP contribution is -2.11. The van der Waals surface area contributed by atoms with E-state index in [-0.39, 0.29) is 5.91 Å². The van der Waals surface area contributed by atoms with Crippen molar-refractivity contribution >= 4 is 45.5 Å². The smallest absolute Gasteiger partial charge is 0.224 e. The van der Waals surface area contributed by atoms with Gasteiger partial charge in [-0.2, -0.15) is 0 Å². The van der Waals surface area contributed by atoms with Crippen LogP contribution < -0.4 is 5.32 Å². The molecule has 0 radical (unpaired) electrons. The molecule has 0 spiro atoms. The molecule has 0 fully saturated rings. The summed E-state index contributed by atoms with van der Waals surface area (Å²) in [6.07, 6.45) is 3.14. The molecule has 1 heterocycles. The average Bonchev–Trinajstić information content (AvgIpc) is 3.10. The molecule has 24 heavy (non-hydrogen) atoms. The lowest BCUT2D eigenvalue weighted by atomic mass is 10.0. The first-order chi connectivity index (χ1) is 11.7. The maximum atomic E-state index is 12.0. The van der Waals surface area contributed by atoms with Crippen LogP contribution in [0.3, 0.4) is 0 Å². The van der Waals surface area contributed by atoms with Crippen LogP contribution in [0.2, 0.25) is 0 Å². The number of rotatable bonds is 5. The first-order valence-corrected chi connectivity index (χ1v) is 9.73. The second-order valence-corrected chi connectivity index (χ2v) is 7.43. The summed E-state index contributed by atoms with van der Waals surface area (Å²) in [5.41, 5.74) is 4.09. The number of benzene rings is 2. The lowest BCUT2D eigenvalue weighted by molar-refractivity contribution is -0.116. The van der Waals surface area contributed by atoms with E-state index in [4.69, 9.17) is 0 Å². The highest BCUT2D eigenvalue weighted by Gasteiger charge is 2.13. The van der Waals surface area contributed by atoms with Crippen molar-refractivity contribution in [2.45, 2.75) is 19.8 Å². The number of thiazole rings is 1. The molecule has 1 N–H and O–H groups in total. The molecule has 122 valence electrons. The van der Waals surface area contributed by atoms with Crippen molar-refractivity contribution in [1.29, 1.82) is 0 Å². The molecular weight excluding hydrogens is 431 g/mol. The van der Waals surface area contributed by atoms with Gasteiger partial charge in [-0.1, -0.05) is 31.2 Å². The number of nitrogens with zero attached hydrogens (tertiary/aromatic N) is 1. The van der Waals surface area contributed by atoms with E-state index in [2.05, 4.69) is 57.2 Å². The molecule has 0 aliphatic heterocycles. The maximum absolute atomic E-state index is 12.0. The summed E-state index contributed by atoms with van der Waals surface area (Å²) in [4.78, 5) is 16.4. The molecule has 0 saturated heterocycles. The maximum Gasteiger partial charge on any atom is 0.224 e.